The first-order chi connectivity index (χ1) is 14.0. The van der Waals surface area contributed by atoms with Crippen LogP contribution in [0.4, 0.5) is 5.95 Å². The summed E-state index contributed by atoms with van der Waals surface area (Å²) in [5, 5.41) is 4.56. The Balaban J connectivity index is 1.62. The maximum atomic E-state index is 12.4. The van der Waals surface area contributed by atoms with Crippen molar-refractivity contribution in [2.24, 2.45) is 7.05 Å². The van der Waals surface area contributed by atoms with Crippen molar-refractivity contribution in [3.63, 3.8) is 0 Å². The van der Waals surface area contributed by atoms with Gasteiger partial charge in [0.25, 0.3) is 0 Å². The van der Waals surface area contributed by atoms with Crippen molar-refractivity contribution >= 4 is 11.9 Å². The first kappa shape index (κ1) is 19.1. The summed E-state index contributed by atoms with van der Waals surface area (Å²) in [5.41, 5.74) is 3.24. The van der Waals surface area contributed by atoms with Gasteiger partial charge in [0, 0.05) is 62.1 Å². The summed E-state index contributed by atoms with van der Waals surface area (Å²) in [5.74, 6) is 1.07. The Morgan fingerprint density at radius 1 is 1.24 bits per heavy atom. The number of aryl methyl sites for hydroxylation is 1. The Bertz CT molecular complexity index is 1020. The Morgan fingerprint density at radius 3 is 2.62 bits per heavy atom. The Kier molecular flexibility index (Phi) is 5.04. The third-order valence-corrected chi connectivity index (χ3v) is 5.04. The molecule has 152 valence electrons. The molecule has 9 heteroatoms. The highest BCUT2D eigenvalue weighted by molar-refractivity contribution is 5.89. The third kappa shape index (κ3) is 3.48. The second-order valence-corrected chi connectivity index (χ2v) is 7.34. The van der Waals surface area contributed by atoms with Crippen LogP contribution in [-0.4, -0.2) is 48.4 Å². The molecule has 0 fully saturated rings. The summed E-state index contributed by atoms with van der Waals surface area (Å²) in [6.45, 7) is 7.53. The van der Waals surface area contributed by atoms with E-state index in [1.807, 2.05) is 22.5 Å². The lowest BCUT2D eigenvalue weighted by Gasteiger charge is -2.28. The number of imidazole rings is 1. The number of nitrogens with zero attached hydrogens (tertiary/aromatic N) is 7. The second kappa shape index (κ2) is 7.65. The number of esters is 1. The predicted octanol–water partition coefficient (Wildman–Crippen LogP) is 2.39. The summed E-state index contributed by atoms with van der Waals surface area (Å²) in [6.07, 6.45) is 7.97. The molecule has 1 aliphatic heterocycles. The standard InChI is InChI=1S/C20H25N7O2/c1-5-29-19(28)17-15-12-26(8-6-16(15)27(24-17)13(2)3)20-22-10-14(11-23-20)18-21-7-9-25(18)4/h7,9-11,13H,5-6,8,12H2,1-4H3. The number of hydrogen-bond acceptors (Lipinski definition) is 7. The molecule has 4 heterocycles. The van der Waals surface area contributed by atoms with E-state index in [-0.39, 0.29) is 12.0 Å². The van der Waals surface area contributed by atoms with Crippen LogP contribution in [0.15, 0.2) is 24.8 Å². The van der Waals surface area contributed by atoms with Crippen LogP contribution in [0, 0.1) is 0 Å². The summed E-state index contributed by atoms with van der Waals surface area (Å²) in [4.78, 5) is 27.9. The number of fused-ring (bicyclic) bond motifs is 1. The molecule has 1 aliphatic rings. The average molecular weight is 395 g/mol. The molecule has 3 aromatic rings. The SMILES string of the molecule is CCOC(=O)c1nn(C(C)C)c2c1CN(c1ncc(-c3nccn3C)cn1)CC2. The van der Waals surface area contributed by atoms with Crippen LogP contribution in [0.25, 0.3) is 11.4 Å². The van der Waals surface area contributed by atoms with Gasteiger partial charge in [-0.3, -0.25) is 4.68 Å². The zero-order chi connectivity index (χ0) is 20.5. The largest absolute Gasteiger partial charge is 0.461 e. The zero-order valence-electron chi connectivity index (χ0n) is 17.2. The molecule has 9 nitrogen and oxygen atoms in total. The van der Waals surface area contributed by atoms with Crippen LogP contribution >= 0.6 is 0 Å². The fourth-order valence-electron chi connectivity index (χ4n) is 3.65. The molecule has 0 spiro atoms. The van der Waals surface area contributed by atoms with Crippen LogP contribution < -0.4 is 4.90 Å². The van der Waals surface area contributed by atoms with Crippen molar-refractivity contribution in [3.05, 3.63) is 41.7 Å². The van der Waals surface area contributed by atoms with Gasteiger partial charge in [0.05, 0.1) is 18.7 Å². The summed E-state index contributed by atoms with van der Waals surface area (Å²) < 4.78 is 9.09. The van der Waals surface area contributed by atoms with Crippen molar-refractivity contribution in [1.29, 1.82) is 0 Å². The number of anilines is 1. The Labute approximate surface area is 169 Å². The van der Waals surface area contributed by atoms with Crippen molar-refractivity contribution in [2.75, 3.05) is 18.1 Å². The fourth-order valence-corrected chi connectivity index (χ4v) is 3.65. The van der Waals surface area contributed by atoms with Crippen LogP contribution in [0.2, 0.25) is 0 Å². The van der Waals surface area contributed by atoms with Gasteiger partial charge >= 0.3 is 5.97 Å². The molecule has 0 aromatic carbocycles. The molecule has 0 aliphatic carbocycles. The molecule has 0 atom stereocenters. The molecule has 0 unspecified atom stereocenters. The summed E-state index contributed by atoms with van der Waals surface area (Å²) in [6, 6.07) is 0.173. The number of carbonyl (C=O) groups excluding carboxylic acids is 1. The minimum Gasteiger partial charge on any atom is -0.461 e. The van der Waals surface area contributed by atoms with E-state index in [1.54, 1.807) is 25.5 Å². The molecular weight excluding hydrogens is 370 g/mol. The first-order valence-corrected chi connectivity index (χ1v) is 9.81. The van der Waals surface area contributed by atoms with E-state index in [0.717, 1.165) is 35.6 Å². The van der Waals surface area contributed by atoms with Crippen molar-refractivity contribution in [3.8, 4) is 11.4 Å². The molecule has 0 saturated heterocycles. The molecule has 0 saturated carbocycles. The molecule has 29 heavy (non-hydrogen) atoms. The van der Waals surface area contributed by atoms with Gasteiger partial charge in [0.15, 0.2) is 5.69 Å². The van der Waals surface area contributed by atoms with Gasteiger partial charge < -0.3 is 14.2 Å². The lowest BCUT2D eigenvalue weighted by atomic mass is 10.0. The summed E-state index contributed by atoms with van der Waals surface area (Å²) >= 11 is 0. The highest BCUT2D eigenvalue weighted by atomic mass is 16.5. The fraction of sp³-hybridized carbons (Fsp3) is 0.450. The number of aromatic nitrogens is 6. The van der Waals surface area contributed by atoms with E-state index >= 15 is 0 Å². The van der Waals surface area contributed by atoms with Gasteiger partial charge in [-0.25, -0.2) is 19.7 Å². The summed E-state index contributed by atoms with van der Waals surface area (Å²) in [7, 11) is 1.94. The maximum absolute atomic E-state index is 12.4. The molecule has 0 N–H and O–H groups in total. The van der Waals surface area contributed by atoms with Gasteiger partial charge in [0.2, 0.25) is 5.95 Å². The minimum atomic E-state index is -0.379. The molecule has 3 aromatic heterocycles. The topological polar surface area (TPSA) is 91.0 Å². The van der Waals surface area contributed by atoms with Crippen LogP contribution in [0.1, 0.15) is 48.6 Å². The van der Waals surface area contributed by atoms with E-state index in [0.29, 0.717) is 24.8 Å². The van der Waals surface area contributed by atoms with E-state index in [4.69, 9.17) is 4.74 Å². The van der Waals surface area contributed by atoms with Crippen LogP contribution in [0.3, 0.4) is 0 Å². The van der Waals surface area contributed by atoms with Crippen LogP contribution in [0.5, 0.6) is 0 Å². The molecule has 0 bridgehead atoms. The normalized spacial score (nSPS) is 13.6. The number of hydrogen-bond donors (Lipinski definition) is 0. The monoisotopic (exact) mass is 395 g/mol. The van der Waals surface area contributed by atoms with Gasteiger partial charge in [0.1, 0.15) is 5.82 Å². The van der Waals surface area contributed by atoms with E-state index in [1.165, 1.54) is 0 Å². The number of ether oxygens (including phenoxy) is 1. The molecular formula is C20H25N7O2. The third-order valence-electron chi connectivity index (χ3n) is 5.04. The molecule has 0 radical (unpaired) electrons. The van der Waals surface area contributed by atoms with Gasteiger partial charge in [-0.2, -0.15) is 5.10 Å². The van der Waals surface area contributed by atoms with Gasteiger partial charge in [-0.05, 0) is 20.8 Å². The van der Waals surface area contributed by atoms with E-state index in [2.05, 4.69) is 38.8 Å². The Hall–Kier alpha value is -3.23. The maximum Gasteiger partial charge on any atom is 0.359 e. The highest BCUT2D eigenvalue weighted by Crippen LogP contribution is 2.28. The average Bonchev–Trinajstić information content (AvgIpc) is 3.31. The Morgan fingerprint density at radius 2 is 2.00 bits per heavy atom. The minimum absolute atomic E-state index is 0.173. The zero-order valence-corrected chi connectivity index (χ0v) is 17.2. The number of rotatable bonds is 5. The molecule has 4 rings (SSSR count). The lowest BCUT2D eigenvalue weighted by Crippen LogP contribution is -2.33. The van der Waals surface area contributed by atoms with E-state index < -0.39 is 0 Å². The first-order valence-electron chi connectivity index (χ1n) is 9.81. The van der Waals surface area contributed by atoms with E-state index in [9.17, 15) is 4.79 Å². The smallest absolute Gasteiger partial charge is 0.359 e. The quantitative estimate of drug-likeness (QED) is 0.613. The van der Waals surface area contributed by atoms with Gasteiger partial charge in [-0.15, -0.1) is 0 Å². The lowest BCUT2D eigenvalue weighted by molar-refractivity contribution is 0.0517. The predicted molar refractivity (Wildman–Crippen MR) is 108 cm³/mol. The van der Waals surface area contributed by atoms with Crippen molar-refractivity contribution in [1.82, 2.24) is 29.3 Å². The van der Waals surface area contributed by atoms with Crippen molar-refractivity contribution in [2.45, 2.75) is 39.8 Å². The number of carbonyl (C=O) groups is 1. The van der Waals surface area contributed by atoms with Crippen LogP contribution in [-0.2, 0) is 24.8 Å². The second-order valence-electron chi connectivity index (χ2n) is 7.34. The molecule has 0 amide bonds. The highest BCUT2D eigenvalue weighted by Gasteiger charge is 2.30. The van der Waals surface area contributed by atoms with Crippen molar-refractivity contribution < 1.29 is 9.53 Å². The van der Waals surface area contributed by atoms with Gasteiger partial charge in [-0.1, -0.05) is 0 Å².